The Labute approximate surface area is 173 Å². The van der Waals surface area contributed by atoms with Crippen LogP contribution in [0.3, 0.4) is 0 Å². The van der Waals surface area contributed by atoms with E-state index in [0.717, 1.165) is 5.56 Å². The van der Waals surface area contributed by atoms with Crippen molar-refractivity contribution in [3.05, 3.63) is 35.9 Å². The summed E-state index contributed by atoms with van der Waals surface area (Å²) in [6.45, 7) is 0.923. The van der Waals surface area contributed by atoms with Crippen molar-refractivity contribution >= 4 is 29.6 Å². The van der Waals surface area contributed by atoms with Crippen LogP contribution in [-0.4, -0.2) is 59.4 Å². The first kappa shape index (κ1) is 24.6. The molecule has 0 bridgehead atoms. The lowest BCUT2D eigenvalue weighted by atomic mass is 10.1. The maximum absolute atomic E-state index is 12.0. The fourth-order valence-electron chi connectivity index (χ4n) is 2.43. The Morgan fingerprint density at radius 3 is 2.23 bits per heavy atom. The van der Waals surface area contributed by atoms with E-state index in [2.05, 4.69) is 16.0 Å². The van der Waals surface area contributed by atoms with Gasteiger partial charge in [-0.15, -0.1) is 0 Å². The second-order valence-electron chi connectivity index (χ2n) is 6.71. The van der Waals surface area contributed by atoms with Gasteiger partial charge in [-0.05, 0) is 18.9 Å². The summed E-state index contributed by atoms with van der Waals surface area (Å²) in [6.07, 6.45) is 0.0600. The van der Waals surface area contributed by atoms with E-state index in [0.29, 0.717) is 0 Å². The average Bonchev–Trinajstić information content (AvgIpc) is 2.70. The van der Waals surface area contributed by atoms with E-state index in [1.165, 1.54) is 6.92 Å². The summed E-state index contributed by atoms with van der Waals surface area (Å²) in [5.41, 5.74) is 11.3. The molecule has 8 N–H and O–H groups in total. The minimum atomic E-state index is -1.20. The molecule has 1 rings (SSSR count). The molecule has 0 aliphatic heterocycles. The van der Waals surface area contributed by atoms with E-state index >= 15 is 0 Å². The summed E-state index contributed by atoms with van der Waals surface area (Å²) in [4.78, 5) is 58.0. The number of benzene rings is 1. The normalized spacial score (nSPS) is 13.4. The number of hydrogen-bond acceptors (Lipinski definition) is 6. The predicted octanol–water partition coefficient (Wildman–Crippen LogP) is -1.99. The number of aliphatic carboxylic acids is 1. The van der Waals surface area contributed by atoms with Crippen molar-refractivity contribution < 1.29 is 29.1 Å². The molecule has 0 aromatic heterocycles. The van der Waals surface area contributed by atoms with E-state index in [1.807, 2.05) is 0 Å². The van der Waals surface area contributed by atoms with Gasteiger partial charge >= 0.3 is 5.97 Å². The molecule has 0 saturated heterocycles. The van der Waals surface area contributed by atoms with Crippen molar-refractivity contribution in [1.82, 2.24) is 16.0 Å². The van der Waals surface area contributed by atoms with Gasteiger partial charge in [0.1, 0.15) is 12.1 Å². The summed E-state index contributed by atoms with van der Waals surface area (Å²) in [5.74, 6) is -3.79. The molecule has 3 atom stereocenters. The van der Waals surface area contributed by atoms with Crippen LogP contribution < -0.4 is 27.4 Å². The SMILES string of the molecule is CC(NC(=O)C(N)CCC(N)=O)C(=O)NCC(=O)NC(Cc1ccccc1)C(=O)O. The molecule has 11 nitrogen and oxygen atoms in total. The molecule has 0 spiro atoms. The molecule has 4 amide bonds. The van der Waals surface area contributed by atoms with E-state index < -0.39 is 54.3 Å². The first-order valence-corrected chi connectivity index (χ1v) is 9.28. The number of carbonyl (C=O) groups excluding carboxylic acids is 4. The first-order valence-electron chi connectivity index (χ1n) is 9.28. The molecule has 0 aliphatic rings. The largest absolute Gasteiger partial charge is 0.480 e. The van der Waals surface area contributed by atoms with Gasteiger partial charge in [-0.3, -0.25) is 19.2 Å². The number of carbonyl (C=O) groups is 5. The number of carboxylic acids is 1. The van der Waals surface area contributed by atoms with Crippen LogP contribution in [-0.2, 0) is 30.4 Å². The number of carboxylic acid groups (broad SMARTS) is 1. The van der Waals surface area contributed by atoms with Crippen molar-refractivity contribution in [2.45, 2.75) is 44.3 Å². The van der Waals surface area contributed by atoms with Crippen molar-refractivity contribution in [3.8, 4) is 0 Å². The third-order valence-electron chi connectivity index (χ3n) is 4.13. The number of nitrogens with one attached hydrogen (secondary N) is 3. The van der Waals surface area contributed by atoms with E-state index in [4.69, 9.17) is 11.5 Å². The van der Waals surface area contributed by atoms with Gasteiger partial charge < -0.3 is 32.5 Å². The van der Waals surface area contributed by atoms with Gasteiger partial charge in [0.05, 0.1) is 12.6 Å². The molecule has 0 fully saturated rings. The van der Waals surface area contributed by atoms with Gasteiger partial charge in [-0.1, -0.05) is 30.3 Å². The summed E-state index contributed by atoms with van der Waals surface area (Å²) in [6, 6.07) is 5.62. The maximum Gasteiger partial charge on any atom is 0.326 e. The molecule has 164 valence electrons. The van der Waals surface area contributed by atoms with Crippen LogP contribution in [0.4, 0.5) is 0 Å². The van der Waals surface area contributed by atoms with E-state index in [1.54, 1.807) is 30.3 Å². The second-order valence-corrected chi connectivity index (χ2v) is 6.71. The van der Waals surface area contributed by atoms with Crippen molar-refractivity contribution in [1.29, 1.82) is 0 Å². The second kappa shape index (κ2) is 12.2. The summed E-state index contributed by atoms with van der Waals surface area (Å²) >= 11 is 0. The molecule has 1 aromatic carbocycles. The molecule has 30 heavy (non-hydrogen) atoms. The van der Waals surface area contributed by atoms with Gasteiger partial charge in [-0.2, -0.15) is 0 Å². The smallest absolute Gasteiger partial charge is 0.326 e. The van der Waals surface area contributed by atoms with E-state index in [9.17, 15) is 29.1 Å². The number of rotatable bonds is 12. The van der Waals surface area contributed by atoms with Crippen LogP contribution in [0.5, 0.6) is 0 Å². The Bertz CT molecular complexity index is 770. The van der Waals surface area contributed by atoms with Crippen LogP contribution in [0, 0.1) is 0 Å². The lowest BCUT2D eigenvalue weighted by molar-refractivity contribution is -0.141. The van der Waals surface area contributed by atoms with Gasteiger partial charge in [0, 0.05) is 12.8 Å². The highest BCUT2D eigenvalue weighted by atomic mass is 16.4. The molecule has 0 aliphatic carbocycles. The van der Waals surface area contributed by atoms with Crippen LogP contribution in [0.2, 0.25) is 0 Å². The van der Waals surface area contributed by atoms with Crippen molar-refractivity contribution in [3.63, 3.8) is 0 Å². The van der Waals surface area contributed by atoms with Crippen LogP contribution >= 0.6 is 0 Å². The fourth-order valence-corrected chi connectivity index (χ4v) is 2.43. The van der Waals surface area contributed by atoms with E-state index in [-0.39, 0.29) is 19.3 Å². The number of hydrogen-bond donors (Lipinski definition) is 6. The summed E-state index contributed by atoms with van der Waals surface area (Å²) in [7, 11) is 0. The summed E-state index contributed by atoms with van der Waals surface area (Å²) < 4.78 is 0. The zero-order valence-electron chi connectivity index (χ0n) is 16.6. The molecule has 0 radical (unpaired) electrons. The molecule has 0 heterocycles. The fraction of sp³-hybridized carbons (Fsp3) is 0.421. The highest BCUT2D eigenvalue weighted by Gasteiger charge is 2.23. The maximum atomic E-state index is 12.0. The third-order valence-corrected chi connectivity index (χ3v) is 4.13. The Hall–Kier alpha value is -3.47. The standard InChI is InChI=1S/C19H27N5O6/c1-11(23-18(28)13(20)7-8-15(21)25)17(27)22-10-16(26)24-14(19(29)30)9-12-5-3-2-4-6-12/h2-6,11,13-14H,7-10,20H2,1H3,(H2,21,25)(H,22,27)(H,23,28)(H,24,26)(H,29,30). The molecular formula is C19H27N5O6. The number of nitrogens with two attached hydrogens (primary N) is 2. The van der Waals surface area contributed by atoms with Gasteiger partial charge in [0.2, 0.25) is 23.6 Å². The zero-order valence-corrected chi connectivity index (χ0v) is 16.6. The molecule has 3 unspecified atom stereocenters. The van der Waals surface area contributed by atoms with Gasteiger partial charge in [0.15, 0.2) is 0 Å². The number of amides is 4. The topological polar surface area (TPSA) is 194 Å². The molecular weight excluding hydrogens is 394 g/mol. The first-order chi connectivity index (χ1) is 14.1. The van der Waals surface area contributed by atoms with Gasteiger partial charge in [-0.25, -0.2) is 4.79 Å². The van der Waals surface area contributed by atoms with Crippen LogP contribution in [0.25, 0.3) is 0 Å². The van der Waals surface area contributed by atoms with Crippen molar-refractivity contribution in [2.24, 2.45) is 11.5 Å². The lowest BCUT2D eigenvalue weighted by Gasteiger charge is -2.18. The molecule has 11 heteroatoms. The highest BCUT2D eigenvalue weighted by molar-refractivity contribution is 5.92. The summed E-state index contributed by atoms with van der Waals surface area (Å²) in [5, 5.41) is 16.3. The third kappa shape index (κ3) is 9.15. The minimum absolute atomic E-state index is 0.0376. The Morgan fingerprint density at radius 1 is 1.03 bits per heavy atom. The number of primary amides is 1. The minimum Gasteiger partial charge on any atom is -0.480 e. The molecule has 1 aromatic rings. The lowest BCUT2D eigenvalue weighted by Crippen LogP contribution is -2.52. The quantitative estimate of drug-likeness (QED) is 0.225. The van der Waals surface area contributed by atoms with Crippen molar-refractivity contribution in [2.75, 3.05) is 6.54 Å². The van der Waals surface area contributed by atoms with Gasteiger partial charge in [0.25, 0.3) is 0 Å². The predicted molar refractivity (Wildman–Crippen MR) is 107 cm³/mol. The Morgan fingerprint density at radius 2 is 1.67 bits per heavy atom. The highest BCUT2D eigenvalue weighted by Crippen LogP contribution is 2.03. The Balaban J connectivity index is 2.46. The zero-order chi connectivity index (χ0) is 22.7. The average molecular weight is 421 g/mol. The Kier molecular flexibility index (Phi) is 9.97. The monoisotopic (exact) mass is 421 g/mol. The molecule has 0 saturated carbocycles. The van der Waals surface area contributed by atoms with Crippen LogP contribution in [0.1, 0.15) is 25.3 Å². The van der Waals surface area contributed by atoms with Crippen LogP contribution in [0.15, 0.2) is 30.3 Å².